The Labute approximate surface area is 171 Å². The monoisotopic (exact) mass is 396 g/mol. The fraction of sp³-hybridized carbons (Fsp3) is 0. The van der Waals surface area contributed by atoms with E-state index in [0.29, 0.717) is 5.52 Å². The highest BCUT2D eigenvalue weighted by Gasteiger charge is 2.12. The van der Waals surface area contributed by atoms with E-state index in [0.717, 1.165) is 38.1 Å². The summed E-state index contributed by atoms with van der Waals surface area (Å²) >= 11 is 1.63. The minimum Gasteiger partial charge on any atom is -0.478 e. The quantitative estimate of drug-likeness (QED) is 0.361. The number of aromatic nitrogens is 1. The molecule has 5 aromatic rings. The van der Waals surface area contributed by atoms with Crippen molar-refractivity contribution >= 4 is 49.8 Å². The number of carbonyl (C=O) groups is 1. The number of pyridine rings is 1. The summed E-state index contributed by atoms with van der Waals surface area (Å²) in [7, 11) is 0. The first-order chi connectivity index (χ1) is 14.2. The third kappa shape index (κ3) is 3.22. The summed E-state index contributed by atoms with van der Waals surface area (Å²) in [6.07, 6.45) is 0. The Bertz CT molecular complexity index is 1360. The molecule has 0 fully saturated rings. The fourth-order valence-corrected chi connectivity index (χ4v) is 4.40. The largest absolute Gasteiger partial charge is 0.478 e. The molecule has 4 nitrogen and oxygen atoms in total. The van der Waals surface area contributed by atoms with Crippen molar-refractivity contribution < 1.29 is 9.90 Å². The van der Waals surface area contributed by atoms with Gasteiger partial charge in [-0.05, 0) is 46.8 Å². The van der Waals surface area contributed by atoms with Crippen molar-refractivity contribution in [3.63, 3.8) is 0 Å². The number of carboxylic acid groups (broad SMARTS) is 1. The number of anilines is 2. The summed E-state index contributed by atoms with van der Waals surface area (Å²) in [5, 5.41) is 16.8. The molecule has 5 rings (SSSR count). The van der Waals surface area contributed by atoms with Crippen molar-refractivity contribution in [2.45, 2.75) is 0 Å². The minimum atomic E-state index is -0.954. The minimum absolute atomic E-state index is 0.234. The van der Waals surface area contributed by atoms with Crippen LogP contribution in [0.25, 0.3) is 32.1 Å². The normalized spacial score (nSPS) is 11.0. The van der Waals surface area contributed by atoms with Crippen LogP contribution in [0, 0.1) is 0 Å². The molecule has 0 unspecified atom stereocenters. The molecule has 0 radical (unpaired) electrons. The number of thiophene rings is 1. The molecule has 2 heterocycles. The van der Waals surface area contributed by atoms with Crippen LogP contribution in [0.1, 0.15) is 10.4 Å². The number of carboxylic acids is 1. The highest BCUT2D eigenvalue weighted by molar-refractivity contribution is 7.18. The number of benzene rings is 3. The van der Waals surface area contributed by atoms with Crippen LogP contribution in [-0.2, 0) is 0 Å². The van der Waals surface area contributed by atoms with E-state index in [1.807, 2.05) is 47.8 Å². The maximum Gasteiger partial charge on any atom is 0.335 e. The zero-order valence-electron chi connectivity index (χ0n) is 15.3. The molecule has 0 aliphatic heterocycles. The average molecular weight is 396 g/mol. The van der Waals surface area contributed by atoms with Crippen LogP contribution in [0.15, 0.2) is 84.2 Å². The maximum atomic E-state index is 11.4. The summed E-state index contributed by atoms with van der Waals surface area (Å²) in [5.74, 6) is -0.230. The Morgan fingerprint density at radius 1 is 0.862 bits per heavy atom. The first kappa shape index (κ1) is 17.4. The van der Waals surface area contributed by atoms with Crippen molar-refractivity contribution in [1.29, 1.82) is 0 Å². The molecule has 0 saturated carbocycles. The number of rotatable bonds is 4. The smallest absolute Gasteiger partial charge is 0.335 e. The second-order valence-electron chi connectivity index (χ2n) is 6.73. The molecule has 0 atom stereocenters. The van der Waals surface area contributed by atoms with E-state index in [4.69, 9.17) is 4.98 Å². The van der Waals surface area contributed by atoms with E-state index in [-0.39, 0.29) is 5.56 Å². The van der Waals surface area contributed by atoms with Crippen LogP contribution in [0.5, 0.6) is 0 Å². The number of aromatic carboxylic acids is 1. The van der Waals surface area contributed by atoms with Gasteiger partial charge in [0.15, 0.2) is 0 Å². The van der Waals surface area contributed by atoms with Crippen molar-refractivity contribution in [2.75, 3.05) is 5.32 Å². The Hall–Kier alpha value is -3.70. The van der Waals surface area contributed by atoms with Gasteiger partial charge in [0.05, 0.1) is 11.1 Å². The lowest BCUT2D eigenvalue weighted by Crippen LogP contribution is -1.98. The van der Waals surface area contributed by atoms with Crippen molar-refractivity contribution in [3.05, 3.63) is 89.8 Å². The number of nitrogens with one attached hydrogen (secondary N) is 1. The molecule has 0 bridgehead atoms. The number of fused-ring (bicyclic) bond motifs is 3. The van der Waals surface area contributed by atoms with E-state index < -0.39 is 5.97 Å². The molecular weight excluding hydrogens is 380 g/mol. The van der Waals surface area contributed by atoms with E-state index in [1.54, 1.807) is 23.5 Å². The first-order valence-electron chi connectivity index (χ1n) is 9.16. The average Bonchev–Trinajstić information content (AvgIpc) is 3.25. The molecule has 140 valence electrons. The summed E-state index contributed by atoms with van der Waals surface area (Å²) < 4.78 is 1.09. The summed E-state index contributed by atoms with van der Waals surface area (Å²) in [4.78, 5) is 16.1. The lowest BCUT2D eigenvalue weighted by atomic mass is 10.1. The van der Waals surface area contributed by atoms with Crippen LogP contribution in [-0.4, -0.2) is 16.1 Å². The van der Waals surface area contributed by atoms with Crippen molar-refractivity contribution in [3.8, 4) is 11.1 Å². The van der Waals surface area contributed by atoms with Gasteiger partial charge in [-0.3, -0.25) is 0 Å². The molecule has 0 spiro atoms. The fourth-order valence-electron chi connectivity index (χ4n) is 3.47. The second-order valence-corrected chi connectivity index (χ2v) is 7.65. The van der Waals surface area contributed by atoms with Gasteiger partial charge in [-0.1, -0.05) is 48.5 Å². The Morgan fingerprint density at radius 2 is 1.69 bits per heavy atom. The SMILES string of the molecule is O=C(O)c1ccc2c(c1)nc(Nc1cccc(-c3ccccc3)c1)c1ccsc12. The first-order valence-corrected chi connectivity index (χ1v) is 10.0. The lowest BCUT2D eigenvalue weighted by molar-refractivity contribution is 0.0697. The molecule has 3 aromatic carbocycles. The maximum absolute atomic E-state index is 11.4. The number of hydrogen-bond acceptors (Lipinski definition) is 4. The third-order valence-electron chi connectivity index (χ3n) is 4.87. The van der Waals surface area contributed by atoms with Gasteiger partial charge in [-0.25, -0.2) is 9.78 Å². The van der Waals surface area contributed by atoms with Gasteiger partial charge in [0.2, 0.25) is 0 Å². The Kier molecular flexibility index (Phi) is 4.22. The molecule has 0 aliphatic carbocycles. The zero-order valence-corrected chi connectivity index (χ0v) is 16.1. The summed E-state index contributed by atoms with van der Waals surface area (Å²) in [6.45, 7) is 0. The predicted molar refractivity (Wildman–Crippen MR) is 119 cm³/mol. The van der Waals surface area contributed by atoms with Crippen molar-refractivity contribution in [1.82, 2.24) is 4.98 Å². The van der Waals surface area contributed by atoms with Crippen LogP contribution >= 0.6 is 11.3 Å². The van der Waals surface area contributed by atoms with Gasteiger partial charge >= 0.3 is 5.97 Å². The molecule has 0 aliphatic rings. The number of nitrogens with zero attached hydrogens (tertiary/aromatic N) is 1. The Morgan fingerprint density at radius 3 is 2.52 bits per heavy atom. The highest BCUT2D eigenvalue weighted by Crippen LogP contribution is 2.35. The van der Waals surface area contributed by atoms with Gasteiger partial charge in [0, 0.05) is 21.2 Å². The van der Waals surface area contributed by atoms with Crippen molar-refractivity contribution in [2.24, 2.45) is 0 Å². The van der Waals surface area contributed by atoms with E-state index >= 15 is 0 Å². The summed E-state index contributed by atoms with van der Waals surface area (Å²) in [5.41, 5.74) is 4.10. The van der Waals surface area contributed by atoms with E-state index in [1.165, 1.54) is 0 Å². The number of hydrogen-bond donors (Lipinski definition) is 2. The molecular formula is C24H16N2O2S. The van der Waals surface area contributed by atoms with Gasteiger partial charge in [-0.2, -0.15) is 0 Å². The van der Waals surface area contributed by atoms with Gasteiger partial charge < -0.3 is 10.4 Å². The van der Waals surface area contributed by atoms with Gasteiger partial charge in [0.1, 0.15) is 5.82 Å². The van der Waals surface area contributed by atoms with Gasteiger partial charge in [-0.15, -0.1) is 11.3 Å². The van der Waals surface area contributed by atoms with Crippen LogP contribution in [0.4, 0.5) is 11.5 Å². The third-order valence-corrected chi connectivity index (χ3v) is 5.82. The highest BCUT2D eigenvalue weighted by atomic mass is 32.1. The standard InChI is InChI=1S/C24H16N2O2S/c27-24(28)17-9-10-19-21(14-17)26-23(20-11-12-29-22(19)20)25-18-8-4-7-16(13-18)15-5-2-1-3-6-15/h1-14H,(H,25,26)(H,27,28). The second kappa shape index (κ2) is 7.04. The Balaban J connectivity index is 1.61. The topological polar surface area (TPSA) is 62.2 Å². The van der Waals surface area contributed by atoms with Crippen LogP contribution in [0.3, 0.4) is 0 Å². The van der Waals surface area contributed by atoms with Crippen LogP contribution in [0.2, 0.25) is 0 Å². The van der Waals surface area contributed by atoms with E-state index in [2.05, 4.69) is 29.6 Å². The van der Waals surface area contributed by atoms with E-state index in [9.17, 15) is 9.90 Å². The lowest BCUT2D eigenvalue weighted by Gasteiger charge is -2.11. The summed E-state index contributed by atoms with van der Waals surface area (Å²) in [6, 6.07) is 25.5. The molecule has 0 saturated heterocycles. The molecule has 0 amide bonds. The molecule has 5 heteroatoms. The molecule has 29 heavy (non-hydrogen) atoms. The van der Waals surface area contributed by atoms with Gasteiger partial charge in [0.25, 0.3) is 0 Å². The zero-order chi connectivity index (χ0) is 19.8. The van der Waals surface area contributed by atoms with Crippen LogP contribution < -0.4 is 5.32 Å². The molecule has 2 N–H and O–H groups in total. The predicted octanol–water partition coefficient (Wildman–Crippen LogP) is 6.56. The molecule has 2 aromatic heterocycles.